The Morgan fingerprint density at radius 1 is 1.03 bits per heavy atom. The second kappa shape index (κ2) is 9.91. The Hall–Kier alpha value is -3.50. The van der Waals surface area contributed by atoms with Gasteiger partial charge in [-0.2, -0.15) is 5.10 Å². The molecule has 2 saturated heterocycles. The van der Waals surface area contributed by atoms with Gasteiger partial charge in [0.15, 0.2) is 11.5 Å². The van der Waals surface area contributed by atoms with Crippen molar-refractivity contribution in [1.29, 1.82) is 0 Å². The molecule has 2 bridgehead atoms. The fourth-order valence-electron chi connectivity index (χ4n) is 6.24. The Balaban J connectivity index is 1.20. The lowest BCUT2D eigenvalue weighted by Crippen LogP contribution is -2.52. The van der Waals surface area contributed by atoms with E-state index < -0.39 is 5.82 Å². The van der Waals surface area contributed by atoms with Crippen molar-refractivity contribution in [3.63, 3.8) is 0 Å². The number of hydrogen-bond acceptors (Lipinski definition) is 8. The first-order valence-corrected chi connectivity index (χ1v) is 13.8. The van der Waals surface area contributed by atoms with Crippen LogP contribution in [0.25, 0.3) is 22.3 Å². The lowest BCUT2D eigenvalue weighted by atomic mass is 9.89. The third-order valence-corrected chi connectivity index (χ3v) is 8.00. The number of likely N-dealkylation sites (N-methyl/N-ethyl adjacent to an activating group) is 1. The Kier molecular flexibility index (Phi) is 6.55. The van der Waals surface area contributed by atoms with Gasteiger partial charge >= 0.3 is 0 Å². The van der Waals surface area contributed by atoms with E-state index in [4.69, 9.17) is 0 Å². The van der Waals surface area contributed by atoms with Gasteiger partial charge in [0.1, 0.15) is 11.5 Å². The third-order valence-electron chi connectivity index (χ3n) is 8.00. The average molecular weight is 530 g/mol. The maximum atomic E-state index is 14.9. The van der Waals surface area contributed by atoms with Crippen molar-refractivity contribution in [3.05, 3.63) is 53.9 Å². The first kappa shape index (κ1) is 25.8. The van der Waals surface area contributed by atoms with Crippen LogP contribution < -0.4 is 5.32 Å². The largest absolute Gasteiger partial charge is 0.309 e. The molecule has 204 valence electrons. The summed E-state index contributed by atoms with van der Waals surface area (Å²) in [5.41, 5.74) is 3.46. The van der Waals surface area contributed by atoms with E-state index in [0.717, 1.165) is 37.3 Å². The molecule has 10 heteroatoms. The van der Waals surface area contributed by atoms with E-state index >= 15 is 0 Å². The minimum absolute atomic E-state index is 0.151. The van der Waals surface area contributed by atoms with Crippen LogP contribution >= 0.6 is 0 Å². The Morgan fingerprint density at radius 2 is 1.79 bits per heavy atom. The molecule has 0 aromatic carbocycles. The molecule has 0 spiro atoms. The minimum Gasteiger partial charge on any atom is -0.309 e. The van der Waals surface area contributed by atoms with Gasteiger partial charge in [-0.1, -0.05) is 33.8 Å². The van der Waals surface area contributed by atoms with E-state index in [1.807, 2.05) is 30.1 Å². The summed E-state index contributed by atoms with van der Waals surface area (Å²) < 4.78 is 16.7. The maximum absolute atomic E-state index is 14.9. The summed E-state index contributed by atoms with van der Waals surface area (Å²) in [6.45, 7) is 13.0. The zero-order valence-corrected chi connectivity index (χ0v) is 23.3. The van der Waals surface area contributed by atoms with E-state index in [1.165, 1.54) is 24.6 Å². The molecule has 2 atom stereocenters. The zero-order chi connectivity index (χ0) is 27.3. The van der Waals surface area contributed by atoms with Gasteiger partial charge in [-0.3, -0.25) is 9.58 Å². The van der Waals surface area contributed by atoms with E-state index in [9.17, 15) is 4.39 Å². The molecule has 6 rings (SSSR count). The van der Waals surface area contributed by atoms with Crippen molar-refractivity contribution >= 4 is 22.8 Å². The second-order valence-corrected chi connectivity index (χ2v) is 11.8. The lowest BCUT2D eigenvalue weighted by Gasteiger charge is -2.40. The van der Waals surface area contributed by atoms with Crippen molar-refractivity contribution in [2.45, 2.75) is 64.6 Å². The summed E-state index contributed by atoms with van der Waals surface area (Å²) in [7, 11) is 1.91. The second-order valence-electron chi connectivity index (χ2n) is 11.8. The van der Waals surface area contributed by atoms with Crippen molar-refractivity contribution in [2.75, 3.05) is 25.0 Å². The van der Waals surface area contributed by atoms with Crippen LogP contribution in [-0.4, -0.2) is 71.2 Å². The number of nitrogens with zero attached hydrogens (tertiary/aromatic N) is 8. The summed E-state index contributed by atoms with van der Waals surface area (Å²) in [4.78, 5) is 22.9. The van der Waals surface area contributed by atoms with Gasteiger partial charge in [-0.15, -0.1) is 0 Å². The third kappa shape index (κ3) is 4.98. The average Bonchev–Trinajstić information content (AvgIpc) is 3.35. The summed E-state index contributed by atoms with van der Waals surface area (Å²) in [6, 6.07) is 7.20. The zero-order valence-electron chi connectivity index (χ0n) is 23.3. The Morgan fingerprint density at radius 3 is 2.46 bits per heavy atom. The molecule has 4 aromatic rings. The number of aromatic nitrogens is 6. The van der Waals surface area contributed by atoms with Crippen LogP contribution in [-0.2, 0) is 19.0 Å². The molecule has 2 aliphatic heterocycles. The van der Waals surface area contributed by atoms with Crippen molar-refractivity contribution in [1.82, 2.24) is 39.5 Å². The van der Waals surface area contributed by atoms with Crippen LogP contribution in [0.2, 0.25) is 0 Å². The van der Waals surface area contributed by atoms with Gasteiger partial charge in [0.05, 0.1) is 11.9 Å². The fourth-order valence-corrected chi connectivity index (χ4v) is 6.24. The quantitative estimate of drug-likeness (QED) is 0.386. The van der Waals surface area contributed by atoms with Gasteiger partial charge in [0, 0.05) is 67.5 Å². The number of fused-ring (bicyclic) bond motifs is 3. The van der Waals surface area contributed by atoms with Crippen LogP contribution in [0.3, 0.4) is 0 Å². The number of nitrogens with one attached hydrogen (secondary N) is 1. The van der Waals surface area contributed by atoms with Crippen LogP contribution in [0.5, 0.6) is 0 Å². The van der Waals surface area contributed by atoms with Crippen LogP contribution in [0.1, 0.15) is 51.8 Å². The highest BCUT2D eigenvalue weighted by atomic mass is 19.1. The Labute approximate surface area is 228 Å². The number of halogens is 1. The maximum Gasteiger partial charge on any atom is 0.229 e. The Bertz CT molecular complexity index is 1480. The molecule has 9 nitrogen and oxygen atoms in total. The molecular weight excluding hydrogens is 493 g/mol. The molecular formula is C29H36FN9. The fraction of sp³-hybridized carbons (Fsp3) is 0.483. The number of aryl methyl sites for hydroxylation is 1. The van der Waals surface area contributed by atoms with Gasteiger partial charge in [-0.05, 0) is 37.1 Å². The molecule has 2 aliphatic rings. The number of anilines is 2. The predicted molar refractivity (Wildman–Crippen MR) is 150 cm³/mol. The van der Waals surface area contributed by atoms with E-state index in [0.29, 0.717) is 29.1 Å². The summed E-state index contributed by atoms with van der Waals surface area (Å²) in [5, 5.41) is 8.55. The number of rotatable bonds is 6. The standard InChI is InChI=1S/C29H36FN9/c1-6-38-16-20-8-9-21(17-38)39(20)15-18-7-10-24(31-12-18)34-28-33-14-23(30)25(35-28)19-11-22-26(29(2,3)4)37(5)36-27(22)32-13-19/h7,10-14,20-21H,6,8-9,15-17H2,1-5H3,(H,31,33,34,35). The number of pyridine rings is 2. The summed E-state index contributed by atoms with van der Waals surface area (Å²) in [5.74, 6) is 0.387. The molecule has 2 fully saturated rings. The van der Waals surface area contributed by atoms with Gasteiger partial charge in [0.2, 0.25) is 5.95 Å². The minimum atomic E-state index is -0.510. The first-order valence-electron chi connectivity index (χ1n) is 13.8. The smallest absolute Gasteiger partial charge is 0.229 e. The first-order chi connectivity index (χ1) is 18.7. The number of likely N-dealkylation sites (tertiary alicyclic amines) is 1. The van der Waals surface area contributed by atoms with Crippen LogP contribution in [0.4, 0.5) is 16.2 Å². The predicted octanol–water partition coefficient (Wildman–Crippen LogP) is 4.67. The van der Waals surface area contributed by atoms with Gasteiger partial charge < -0.3 is 10.2 Å². The van der Waals surface area contributed by atoms with Crippen molar-refractivity contribution in [3.8, 4) is 11.3 Å². The van der Waals surface area contributed by atoms with E-state index in [2.05, 4.69) is 73.9 Å². The normalized spacial score (nSPS) is 20.2. The highest BCUT2D eigenvalue weighted by molar-refractivity contribution is 5.83. The topological polar surface area (TPSA) is 87.9 Å². The van der Waals surface area contributed by atoms with E-state index in [-0.39, 0.29) is 17.1 Å². The molecule has 6 heterocycles. The van der Waals surface area contributed by atoms with E-state index in [1.54, 1.807) is 6.20 Å². The monoisotopic (exact) mass is 529 g/mol. The van der Waals surface area contributed by atoms with Gasteiger partial charge in [0.25, 0.3) is 0 Å². The van der Waals surface area contributed by atoms with Crippen LogP contribution in [0.15, 0.2) is 36.8 Å². The summed E-state index contributed by atoms with van der Waals surface area (Å²) in [6.07, 6.45) is 7.26. The molecule has 39 heavy (non-hydrogen) atoms. The SMILES string of the molecule is CCN1CC2CCC(C1)N2Cc1ccc(Nc2ncc(F)c(-c3cnc4nn(C)c(C(C)(C)C)c4c3)n2)nc1. The van der Waals surface area contributed by atoms with Crippen LogP contribution in [0, 0.1) is 5.82 Å². The van der Waals surface area contributed by atoms with Crippen molar-refractivity contribution in [2.24, 2.45) is 7.05 Å². The molecule has 1 N–H and O–H groups in total. The molecule has 2 unspecified atom stereocenters. The van der Waals surface area contributed by atoms with Gasteiger partial charge in [-0.25, -0.2) is 24.3 Å². The number of piperazine rings is 1. The molecule has 0 radical (unpaired) electrons. The molecule has 4 aromatic heterocycles. The highest BCUT2D eigenvalue weighted by Gasteiger charge is 2.39. The molecule has 0 amide bonds. The highest BCUT2D eigenvalue weighted by Crippen LogP contribution is 2.33. The molecule has 0 aliphatic carbocycles. The number of hydrogen-bond donors (Lipinski definition) is 1. The molecule has 0 saturated carbocycles. The lowest BCUT2D eigenvalue weighted by molar-refractivity contribution is 0.0641. The summed E-state index contributed by atoms with van der Waals surface area (Å²) >= 11 is 0. The van der Waals surface area contributed by atoms with Crippen molar-refractivity contribution < 1.29 is 4.39 Å².